The molecule has 1 saturated carbocycles. The van der Waals surface area contributed by atoms with Gasteiger partial charge in [0.2, 0.25) is 0 Å². The lowest BCUT2D eigenvalue weighted by atomic mass is 9.88. The van der Waals surface area contributed by atoms with Crippen molar-refractivity contribution in [3.63, 3.8) is 0 Å². The van der Waals surface area contributed by atoms with Crippen LogP contribution in [0.2, 0.25) is 0 Å². The first-order valence-electron chi connectivity index (χ1n) is 6.01. The predicted octanol–water partition coefficient (Wildman–Crippen LogP) is 3.22. The number of ketones is 1. The summed E-state index contributed by atoms with van der Waals surface area (Å²) in [6.45, 7) is 0. The van der Waals surface area contributed by atoms with Crippen LogP contribution in [-0.4, -0.2) is 18.9 Å². The van der Waals surface area contributed by atoms with Gasteiger partial charge in [0, 0.05) is 16.0 Å². The van der Waals surface area contributed by atoms with Crippen molar-refractivity contribution < 1.29 is 14.3 Å². The third-order valence-electron chi connectivity index (χ3n) is 3.49. The summed E-state index contributed by atoms with van der Waals surface area (Å²) < 4.78 is 5.71. The van der Waals surface area contributed by atoms with Crippen LogP contribution in [-0.2, 0) is 9.53 Å². The highest BCUT2D eigenvalue weighted by molar-refractivity contribution is 9.10. The van der Waals surface area contributed by atoms with Crippen molar-refractivity contribution in [1.82, 2.24) is 0 Å². The number of methoxy groups -OCH3 is 1. The number of halogens is 1. The van der Waals surface area contributed by atoms with Gasteiger partial charge in [0.05, 0.1) is 13.0 Å². The number of rotatable bonds is 3. The van der Waals surface area contributed by atoms with Crippen LogP contribution in [0.25, 0.3) is 0 Å². The van der Waals surface area contributed by atoms with Gasteiger partial charge in [-0.3, -0.25) is 9.59 Å². The summed E-state index contributed by atoms with van der Waals surface area (Å²) in [5, 5.41) is 0. The minimum absolute atomic E-state index is 0.0513. The van der Waals surface area contributed by atoms with Crippen LogP contribution < -0.4 is 0 Å². The lowest BCUT2D eigenvalue weighted by molar-refractivity contribution is -0.146. The second-order valence-electron chi connectivity index (χ2n) is 4.54. The number of benzene rings is 1. The quantitative estimate of drug-likeness (QED) is 0.636. The first-order chi connectivity index (χ1) is 8.63. The molecule has 0 bridgehead atoms. The SMILES string of the molecule is COC(=O)[C@H]1CCC[C@@H]1C(=O)c1ccc(Br)cc1. The van der Waals surface area contributed by atoms with E-state index in [4.69, 9.17) is 4.74 Å². The molecule has 0 amide bonds. The van der Waals surface area contributed by atoms with E-state index in [0.717, 1.165) is 23.7 Å². The molecule has 0 N–H and O–H groups in total. The molecule has 0 aromatic heterocycles. The first kappa shape index (κ1) is 13.3. The van der Waals surface area contributed by atoms with Crippen LogP contribution in [0.15, 0.2) is 28.7 Å². The monoisotopic (exact) mass is 310 g/mol. The largest absolute Gasteiger partial charge is 0.469 e. The molecule has 0 aliphatic heterocycles. The molecule has 96 valence electrons. The summed E-state index contributed by atoms with van der Waals surface area (Å²) in [5.74, 6) is -0.705. The van der Waals surface area contributed by atoms with E-state index >= 15 is 0 Å². The Hall–Kier alpha value is -1.16. The van der Waals surface area contributed by atoms with E-state index in [0.29, 0.717) is 5.56 Å². The van der Waals surface area contributed by atoms with Gasteiger partial charge >= 0.3 is 5.97 Å². The Balaban J connectivity index is 2.17. The van der Waals surface area contributed by atoms with E-state index < -0.39 is 0 Å². The molecule has 1 aliphatic rings. The normalized spacial score (nSPS) is 22.8. The second-order valence-corrected chi connectivity index (χ2v) is 5.45. The number of ether oxygens (including phenoxy) is 1. The molecule has 4 heteroatoms. The maximum absolute atomic E-state index is 12.4. The van der Waals surface area contributed by atoms with Gasteiger partial charge in [-0.25, -0.2) is 0 Å². The number of Topliss-reactive ketones (excluding diaryl/α,β-unsaturated/α-hetero) is 1. The maximum Gasteiger partial charge on any atom is 0.309 e. The minimum atomic E-state index is -0.272. The molecular weight excluding hydrogens is 296 g/mol. The Morgan fingerprint density at radius 3 is 2.39 bits per heavy atom. The van der Waals surface area contributed by atoms with E-state index in [1.54, 1.807) is 12.1 Å². The molecule has 0 saturated heterocycles. The molecule has 1 aliphatic carbocycles. The third-order valence-corrected chi connectivity index (χ3v) is 4.01. The zero-order valence-electron chi connectivity index (χ0n) is 10.2. The summed E-state index contributed by atoms with van der Waals surface area (Å²) in [6, 6.07) is 7.27. The molecule has 2 rings (SSSR count). The van der Waals surface area contributed by atoms with Crippen LogP contribution in [0.1, 0.15) is 29.6 Å². The van der Waals surface area contributed by atoms with E-state index in [1.165, 1.54) is 7.11 Å². The van der Waals surface area contributed by atoms with Gasteiger partial charge in [-0.05, 0) is 25.0 Å². The van der Waals surface area contributed by atoms with Crippen molar-refractivity contribution in [3.8, 4) is 0 Å². The minimum Gasteiger partial charge on any atom is -0.469 e. The maximum atomic E-state index is 12.4. The summed E-state index contributed by atoms with van der Waals surface area (Å²) in [5.41, 5.74) is 0.666. The molecule has 1 aromatic rings. The van der Waals surface area contributed by atoms with Gasteiger partial charge in [0.25, 0.3) is 0 Å². The molecule has 0 heterocycles. The van der Waals surface area contributed by atoms with Crippen LogP contribution in [0.4, 0.5) is 0 Å². The zero-order chi connectivity index (χ0) is 13.1. The molecule has 0 radical (unpaired) electrons. The summed E-state index contributed by atoms with van der Waals surface area (Å²) >= 11 is 3.34. The highest BCUT2D eigenvalue weighted by Crippen LogP contribution is 2.35. The Morgan fingerprint density at radius 1 is 1.17 bits per heavy atom. The second kappa shape index (κ2) is 5.65. The molecule has 1 aromatic carbocycles. The van der Waals surface area contributed by atoms with Crippen molar-refractivity contribution >= 4 is 27.7 Å². The molecule has 2 atom stereocenters. The van der Waals surface area contributed by atoms with Crippen LogP contribution >= 0.6 is 15.9 Å². The lowest BCUT2D eigenvalue weighted by Crippen LogP contribution is -2.26. The fourth-order valence-electron chi connectivity index (χ4n) is 2.54. The number of hydrogen-bond acceptors (Lipinski definition) is 3. The van der Waals surface area contributed by atoms with Gasteiger partial charge in [-0.2, -0.15) is 0 Å². The van der Waals surface area contributed by atoms with E-state index in [-0.39, 0.29) is 23.6 Å². The Bertz CT molecular complexity index is 453. The molecule has 3 nitrogen and oxygen atoms in total. The standard InChI is InChI=1S/C14H15BrO3/c1-18-14(17)12-4-2-3-11(12)13(16)9-5-7-10(15)8-6-9/h5-8,11-12H,2-4H2,1H3/t11-,12-/m0/s1. The Morgan fingerprint density at radius 2 is 1.78 bits per heavy atom. The summed E-state index contributed by atoms with van der Waals surface area (Å²) in [6.07, 6.45) is 2.43. The molecule has 1 fully saturated rings. The number of esters is 1. The van der Waals surface area contributed by atoms with E-state index in [1.807, 2.05) is 12.1 Å². The van der Waals surface area contributed by atoms with Gasteiger partial charge in [0.15, 0.2) is 5.78 Å². The van der Waals surface area contributed by atoms with Crippen molar-refractivity contribution in [3.05, 3.63) is 34.3 Å². The Labute approximate surface area is 115 Å². The first-order valence-corrected chi connectivity index (χ1v) is 6.80. The van der Waals surface area contributed by atoms with Gasteiger partial charge < -0.3 is 4.74 Å². The topological polar surface area (TPSA) is 43.4 Å². The predicted molar refractivity (Wildman–Crippen MR) is 71.3 cm³/mol. The van der Waals surface area contributed by atoms with Gasteiger partial charge in [-0.1, -0.05) is 34.5 Å². The number of hydrogen-bond donors (Lipinski definition) is 0. The number of carbonyl (C=O) groups is 2. The fourth-order valence-corrected chi connectivity index (χ4v) is 2.80. The van der Waals surface area contributed by atoms with Crippen molar-refractivity contribution in [1.29, 1.82) is 0 Å². The smallest absolute Gasteiger partial charge is 0.309 e. The summed E-state index contributed by atoms with van der Waals surface area (Å²) in [4.78, 5) is 24.0. The van der Waals surface area contributed by atoms with Crippen molar-refractivity contribution in [2.45, 2.75) is 19.3 Å². The zero-order valence-corrected chi connectivity index (χ0v) is 11.8. The third kappa shape index (κ3) is 2.64. The van der Waals surface area contributed by atoms with Crippen LogP contribution in [0, 0.1) is 11.8 Å². The van der Waals surface area contributed by atoms with Crippen LogP contribution in [0.5, 0.6) is 0 Å². The lowest BCUT2D eigenvalue weighted by Gasteiger charge is -2.16. The van der Waals surface area contributed by atoms with Gasteiger partial charge in [0.1, 0.15) is 0 Å². The fraction of sp³-hybridized carbons (Fsp3) is 0.429. The van der Waals surface area contributed by atoms with E-state index in [9.17, 15) is 9.59 Å². The van der Waals surface area contributed by atoms with E-state index in [2.05, 4.69) is 15.9 Å². The highest BCUT2D eigenvalue weighted by atomic mass is 79.9. The molecule has 0 unspecified atom stereocenters. The molecule has 18 heavy (non-hydrogen) atoms. The van der Waals surface area contributed by atoms with Crippen molar-refractivity contribution in [2.75, 3.05) is 7.11 Å². The average Bonchev–Trinajstić information content (AvgIpc) is 2.87. The average molecular weight is 311 g/mol. The molecule has 0 spiro atoms. The number of carbonyl (C=O) groups excluding carboxylic acids is 2. The Kier molecular flexibility index (Phi) is 4.17. The van der Waals surface area contributed by atoms with Gasteiger partial charge in [-0.15, -0.1) is 0 Å². The van der Waals surface area contributed by atoms with Crippen molar-refractivity contribution in [2.24, 2.45) is 11.8 Å². The molecular formula is C14H15BrO3. The highest BCUT2D eigenvalue weighted by Gasteiger charge is 2.38. The van der Waals surface area contributed by atoms with Crippen LogP contribution in [0.3, 0.4) is 0 Å². The summed E-state index contributed by atoms with van der Waals surface area (Å²) in [7, 11) is 1.38.